The van der Waals surface area contributed by atoms with Gasteiger partial charge in [0.25, 0.3) is 5.56 Å². The molecule has 1 aliphatic carbocycles. The maximum atomic E-state index is 12.7. The van der Waals surface area contributed by atoms with E-state index in [1.54, 1.807) is 6.07 Å². The first-order valence-corrected chi connectivity index (χ1v) is 7.26. The van der Waals surface area contributed by atoms with Crippen molar-refractivity contribution < 1.29 is 13.2 Å². The molecule has 2 heterocycles. The molecule has 0 spiro atoms. The van der Waals surface area contributed by atoms with Gasteiger partial charge in [0.2, 0.25) is 0 Å². The van der Waals surface area contributed by atoms with Crippen LogP contribution >= 0.6 is 0 Å². The number of pyridine rings is 1. The van der Waals surface area contributed by atoms with Crippen LogP contribution < -0.4 is 5.56 Å². The van der Waals surface area contributed by atoms with Crippen molar-refractivity contribution in [2.24, 2.45) is 0 Å². The van der Waals surface area contributed by atoms with Crippen molar-refractivity contribution in [1.82, 2.24) is 14.3 Å². The van der Waals surface area contributed by atoms with Crippen LogP contribution in [0.5, 0.6) is 0 Å². The lowest BCUT2D eigenvalue weighted by Crippen LogP contribution is -2.28. The Morgan fingerprint density at radius 1 is 1.18 bits per heavy atom. The first-order chi connectivity index (χ1) is 10.4. The van der Waals surface area contributed by atoms with E-state index in [1.807, 2.05) is 10.9 Å². The van der Waals surface area contributed by atoms with Crippen LogP contribution in [0.3, 0.4) is 0 Å². The van der Waals surface area contributed by atoms with Gasteiger partial charge in [-0.25, -0.2) is 0 Å². The second kappa shape index (κ2) is 5.62. The molecule has 1 fully saturated rings. The molecular formula is C15H16F3N3O. The molecule has 0 aromatic carbocycles. The van der Waals surface area contributed by atoms with Crippen molar-refractivity contribution in [1.29, 1.82) is 0 Å². The molecule has 3 rings (SSSR count). The number of nitrogens with zero attached hydrogens (tertiary/aromatic N) is 3. The maximum Gasteiger partial charge on any atom is 0.421 e. The lowest BCUT2D eigenvalue weighted by atomic mass is 10.2. The van der Waals surface area contributed by atoms with E-state index in [4.69, 9.17) is 0 Å². The molecule has 1 aliphatic rings. The molecule has 1 saturated carbocycles. The van der Waals surface area contributed by atoms with Crippen LogP contribution in [0.2, 0.25) is 0 Å². The standard InChI is InChI=1S/C15H16F3N3O/c16-15(17,18)13-6-3-8-20(14(13)22)10-11-7-9-21(19-11)12-4-1-2-5-12/h3,6-9,12H,1-2,4-5,10H2. The third-order valence-electron chi connectivity index (χ3n) is 4.02. The van der Waals surface area contributed by atoms with Gasteiger partial charge in [-0.05, 0) is 31.0 Å². The molecular weight excluding hydrogens is 295 g/mol. The minimum atomic E-state index is -4.64. The summed E-state index contributed by atoms with van der Waals surface area (Å²) in [6.45, 7) is 0.0441. The normalized spacial score (nSPS) is 16.3. The Balaban J connectivity index is 1.83. The van der Waals surface area contributed by atoms with Gasteiger partial charge in [0.15, 0.2) is 0 Å². The van der Waals surface area contributed by atoms with Gasteiger partial charge >= 0.3 is 6.18 Å². The quantitative estimate of drug-likeness (QED) is 0.873. The number of rotatable bonds is 3. The SMILES string of the molecule is O=c1c(C(F)(F)F)cccn1Cc1ccn(C2CCCC2)n1. The Morgan fingerprint density at radius 2 is 1.91 bits per heavy atom. The minimum Gasteiger partial charge on any atom is -0.309 e. The molecule has 0 amide bonds. The Bertz CT molecular complexity index is 711. The fourth-order valence-electron chi connectivity index (χ4n) is 2.89. The van der Waals surface area contributed by atoms with Gasteiger partial charge in [0.05, 0.1) is 18.3 Å². The van der Waals surface area contributed by atoms with Gasteiger partial charge in [0.1, 0.15) is 5.56 Å². The lowest BCUT2D eigenvalue weighted by molar-refractivity contribution is -0.138. The Morgan fingerprint density at radius 3 is 2.59 bits per heavy atom. The van der Waals surface area contributed by atoms with Gasteiger partial charge in [-0.3, -0.25) is 9.48 Å². The van der Waals surface area contributed by atoms with Crippen LogP contribution in [-0.4, -0.2) is 14.3 Å². The zero-order chi connectivity index (χ0) is 15.7. The highest BCUT2D eigenvalue weighted by Crippen LogP contribution is 2.29. The predicted octanol–water partition coefficient (Wildman–Crippen LogP) is 3.23. The second-order valence-corrected chi connectivity index (χ2v) is 5.58. The zero-order valence-corrected chi connectivity index (χ0v) is 11.9. The van der Waals surface area contributed by atoms with Crippen molar-refractivity contribution >= 4 is 0 Å². The lowest BCUT2D eigenvalue weighted by Gasteiger charge is -2.10. The first kappa shape index (κ1) is 14.9. The van der Waals surface area contributed by atoms with E-state index < -0.39 is 17.3 Å². The average Bonchev–Trinajstić information content (AvgIpc) is 3.10. The topological polar surface area (TPSA) is 39.8 Å². The van der Waals surface area contributed by atoms with E-state index in [9.17, 15) is 18.0 Å². The van der Waals surface area contributed by atoms with Crippen LogP contribution in [-0.2, 0) is 12.7 Å². The molecule has 0 saturated heterocycles. The zero-order valence-electron chi connectivity index (χ0n) is 11.9. The van der Waals surface area contributed by atoms with Crippen molar-refractivity contribution in [3.8, 4) is 0 Å². The summed E-state index contributed by atoms with van der Waals surface area (Å²) in [6.07, 6.45) is 3.05. The van der Waals surface area contributed by atoms with Gasteiger partial charge in [-0.1, -0.05) is 12.8 Å². The van der Waals surface area contributed by atoms with Crippen LogP contribution in [0.25, 0.3) is 0 Å². The van der Waals surface area contributed by atoms with E-state index in [1.165, 1.54) is 25.1 Å². The average molecular weight is 311 g/mol. The first-order valence-electron chi connectivity index (χ1n) is 7.26. The summed E-state index contributed by atoms with van der Waals surface area (Å²) < 4.78 is 41.1. The largest absolute Gasteiger partial charge is 0.421 e. The highest BCUT2D eigenvalue weighted by Gasteiger charge is 2.34. The second-order valence-electron chi connectivity index (χ2n) is 5.58. The van der Waals surface area contributed by atoms with E-state index >= 15 is 0 Å². The molecule has 0 aliphatic heterocycles. The number of halogens is 3. The molecule has 2 aromatic rings. The van der Waals surface area contributed by atoms with Crippen LogP contribution in [0.4, 0.5) is 13.2 Å². The number of aromatic nitrogens is 3. The van der Waals surface area contributed by atoms with Gasteiger partial charge in [0, 0.05) is 12.4 Å². The summed E-state index contributed by atoms with van der Waals surface area (Å²) in [5, 5.41) is 4.40. The fraction of sp³-hybridized carbons (Fsp3) is 0.467. The predicted molar refractivity (Wildman–Crippen MR) is 74.5 cm³/mol. The Labute approximate surface area is 125 Å². The summed E-state index contributed by atoms with van der Waals surface area (Å²) in [5.41, 5.74) is -1.59. The fourth-order valence-corrected chi connectivity index (χ4v) is 2.89. The van der Waals surface area contributed by atoms with Crippen molar-refractivity contribution in [3.63, 3.8) is 0 Å². The molecule has 4 nitrogen and oxygen atoms in total. The van der Waals surface area contributed by atoms with E-state index in [-0.39, 0.29) is 6.54 Å². The van der Waals surface area contributed by atoms with Crippen molar-refractivity contribution in [2.45, 2.75) is 44.4 Å². The molecule has 0 radical (unpaired) electrons. The number of hydrogen-bond donors (Lipinski definition) is 0. The third-order valence-corrected chi connectivity index (χ3v) is 4.02. The summed E-state index contributed by atoms with van der Waals surface area (Å²) in [6, 6.07) is 4.16. The third kappa shape index (κ3) is 2.93. The summed E-state index contributed by atoms with van der Waals surface area (Å²) in [4.78, 5) is 11.9. The van der Waals surface area contributed by atoms with E-state index in [0.717, 1.165) is 23.5 Å². The van der Waals surface area contributed by atoms with Gasteiger partial charge < -0.3 is 4.57 Å². The smallest absolute Gasteiger partial charge is 0.309 e. The monoisotopic (exact) mass is 311 g/mol. The van der Waals surface area contributed by atoms with E-state index in [2.05, 4.69) is 5.10 Å². The van der Waals surface area contributed by atoms with E-state index in [0.29, 0.717) is 11.7 Å². The summed E-state index contributed by atoms with van der Waals surface area (Å²) in [5.74, 6) is 0. The molecule has 2 aromatic heterocycles. The Hall–Kier alpha value is -2.05. The summed E-state index contributed by atoms with van der Waals surface area (Å²) in [7, 11) is 0. The molecule has 0 atom stereocenters. The molecule has 0 bridgehead atoms. The highest BCUT2D eigenvalue weighted by atomic mass is 19.4. The number of hydrogen-bond acceptors (Lipinski definition) is 2. The molecule has 118 valence electrons. The molecule has 0 unspecified atom stereocenters. The van der Waals surface area contributed by atoms with Crippen molar-refractivity contribution in [3.05, 3.63) is 52.2 Å². The molecule has 7 heteroatoms. The van der Waals surface area contributed by atoms with Crippen molar-refractivity contribution in [2.75, 3.05) is 0 Å². The van der Waals surface area contributed by atoms with Gasteiger partial charge in [-0.2, -0.15) is 18.3 Å². The Kier molecular flexibility index (Phi) is 3.80. The molecule has 22 heavy (non-hydrogen) atoms. The van der Waals surface area contributed by atoms with Crippen LogP contribution in [0, 0.1) is 0 Å². The highest BCUT2D eigenvalue weighted by molar-refractivity contribution is 5.15. The van der Waals surface area contributed by atoms with Crippen LogP contribution in [0.15, 0.2) is 35.4 Å². The summed E-state index contributed by atoms with van der Waals surface area (Å²) >= 11 is 0. The molecule has 0 N–H and O–H groups in total. The minimum absolute atomic E-state index is 0.0441. The maximum absolute atomic E-state index is 12.7. The van der Waals surface area contributed by atoms with Gasteiger partial charge in [-0.15, -0.1) is 0 Å². The van der Waals surface area contributed by atoms with Crippen LogP contribution in [0.1, 0.15) is 43.0 Å². The number of alkyl halides is 3.